The molecule has 3 rings (SSSR count). The summed E-state index contributed by atoms with van der Waals surface area (Å²) in [5.74, 6) is 0.204. The van der Waals surface area contributed by atoms with Crippen LogP contribution in [0.15, 0.2) is 42.5 Å². The lowest BCUT2D eigenvalue weighted by atomic mass is 9.83. The zero-order valence-electron chi connectivity index (χ0n) is 18.0. The highest BCUT2D eigenvalue weighted by Gasteiger charge is 2.38. The number of hydrogen-bond acceptors (Lipinski definition) is 6. The number of piperidine rings is 1. The Bertz CT molecular complexity index is 959. The van der Waals surface area contributed by atoms with Gasteiger partial charge in [-0.05, 0) is 68.0 Å². The third kappa shape index (κ3) is 5.03. The minimum atomic E-state index is -3.70. The minimum Gasteiger partial charge on any atom is -0.507 e. The van der Waals surface area contributed by atoms with Crippen LogP contribution in [0.1, 0.15) is 48.1 Å². The fourth-order valence-electron chi connectivity index (χ4n) is 4.29. The lowest BCUT2D eigenvalue weighted by molar-refractivity contribution is -0.0465. The van der Waals surface area contributed by atoms with Crippen LogP contribution >= 0.6 is 0 Å². The topological polar surface area (TPSA) is 87.1 Å². The van der Waals surface area contributed by atoms with E-state index in [-0.39, 0.29) is 11.8 Å². The summed E-state index contributed by atoms with van der Waals surface area (Å²) in [6, 6.07) is 13.0. The lowest BCUT2D eigenvalue weighted by Crippen LogP contribution is -2.48. The first kappa shape index (κ1) is 22.7. The molecule has 1 aliphatic heterocycles. The Labute approximate surface area is 179 Å². The Morgan fingerprint density at radius 3 is 2.10 bits per heavy atom. The van der Waals surface area contributed by atoms with Crippen molar-refractivity contribution in [3.05, 3.63) is 64.7 Å². The van der Waals surface area contributed by atoms with Crippen molar-refractivity contribution in [2.24, 2.45) is 0 Å². The van der Waals surface area contributed by atoms with Crippen molar-refractivity contribution in [2.45, 2.75) is 51.4 Å². The molecule has 6 nitrogen and oxygen atoms in total. The van der Waals surface area contributed by atoms with E-state index in [2.05, 4.69) is 4.90 Å². The van der Waals surface area contributed by atoms with Crippen molar-refractivity contribution in [1.82, 2.24) is 4.90 Å². The summed E-state index contributed by atoms with van der Waals surface area (Å²) in [7, 11) is -3.70. The SMILES string of the molecule is Cc1cc(C(OS(C)(=O)=O)C(C)N2CCC(O)(c3ccccc3)CC2)cc(C)c1O. The third-order valence-electron chi connectivity index (χ3n) is 6.07. The summed E-state index contributed by atoms with van der Waals surface area (Å²) in [5.41, 5.74) is 2.10. The molecule has 30 heavy (non-hydrogen) atoms. The molecule has 0 aliphatic carbocycles. The molecule has 2 atom stereocenters. The molecule has 2 aromatic rings. The molecule has 164 valence electrons. The van der Waals surface area contributed by atoms with Crippen molar-refractivity contribution < 1.29 is 22.8 Å². The molecule has 0 radical (unpaired) electrons. The largest absolute Gasteiger partial charge is 0.507 e. The summed E-state index contributed by atoms with van der Waals surface area (Å²) in [6.07, 6.45) is 1.46. The molecular weight excluding hydrogens is 402 g/mol. The van der Waals surface area contributed by atoms with Crippen LogP contribution in [-0.4, -0.2) is 48.9 Å². The zero-order valence-corrected chi connectivity index (χ0v) is 18.8. The van der Waals surface area contributed by atoms with Gasteiger partial charge in [0.15, 0.2) is 0 Å². The average molecular weight is 434 g/mol. The number of nitrogens with zero attached hydrogens (tertiary/aromatic N) is 1. The Morgan fingerprint density at radius 2 is 1.60 bits per heavy atom. The van der Waals surface area contributed by atoms with Gasteiger partial charge in [0.2, 0.25) is 0 Å². The van der Waals surface area contributed by atoms with E-state index in [1.807, 2.05) is 37.3 Å². The van der Waals surface area contributed by atoms with Gasteiger partial charge >= 0.3 is 0 Å². The van der Waals surface area contributed by atoms with Gasteiger partial charge in [0.25, 0.3) is 10.1 Å². The fourth-order valence-corrected chi connectivity index (χ4v) is 4.93. The van der Waals surface area contributed by atoms with Crippen LogP contribution in [0.2, 0.25) is 0 Å². The number of phenols is 1. The first-order valence-corrected chi connectivity index (χ1v) is 12.0. The predicted octanol–water partition coefficient (Wildman–Crippen LogP) is 3.40. The first-order valence-electron chi connectivity index (χ1n) is 10.2. The molecule has 0 saturated carbocycles. The minimum absolute atomic E-state index is 0.204. The van der Waals surface area contributed by atoms with Crippen molar-refractivity contribution in [1.29, 1.82) is 0 Å². The van der Waals surface area contributed by atoms with Crippen LogP contribution in [0.4, 0.5) is 0 Å². The Morgan fingerprint density at radius 1 is 1.07 bits per heavy atom. The number of phenolic OH excluding ortho intramolecular Hbond substituents is 1. The van der Waals surface area contributed by atoms with Gasteiger partial charge in [-0.2, -0.15) is 8.42 Å². The number of aryl methyl sites for hydroxylation is 2. The van der Waals surface area contributed by atoms with Gasteiger partial charge < -0.3 is 10.2 Å². The van der Waals surface area contributed by atoms with Gasteiger partial charge in [-0.25, -0.2) is 0 Å². The average Bonchev–Trinajstić information content (AvgIpc) is 2.70. The van der Waals surface area contributed by atoms with E-state index in [1.54, 1.807) is 26.0 Å². The summed E-state index contributed by atoms with van der Waals surface area (Å²) < 4.78 is 29.5. The quantitative estimate of drug-likeness (QED) is 0.679. The van der Waals surface area contributed by atoms with Crippen LogP contribution < -0.4 is 0 Å². The van der Waals surface area contributed by atoms with Gasteiger partial charge in [-0.1, -0.05) is 30.3 Å². The van der Waals surface area contributed by atoms with Gasteiger partial charge in [0.1, 0.15) is 11.9 Å². The monoisotopic (exact) mass is 433 g/mol. The van der Waals surface area contributed by atoms with Gasteiger partial charge in [-0.15, -0.1) is 0 Å². The van der Waals surface area contributed by atoms with E-state index in [0.717, 1.165) is 11.8 Å². The van der Waals surface area contributed by atoms with Crippen molar-refractivity contribution in [3.8, 4) is 5.75 Å². The number of rotatable bonds is 6. The predicted molar refractivity (Wildman–Crippen MR) is 117 cm³/mol. The molecule has 0 spiro atoms. The van der Waals surface area contributed by atoms with Crippen LogP contribution in [0.3, 0.4) is 0 Å². The summed E-state index contributed by atoms with van der Waals surface area (Å²) in [6.45, 7) is 6.75. The third-order valence-corrected chi connectivity index (χ3v) is 6.63. The highest BCUT2D eigenvalue weighted by Crippen LogP contribution is 2.37. The molecular formula is C23H31NO5S. The lowest BCUT2D eigenvalue weighted by Gasteiger charge is -2.43. The Balaban J connectivity index is 1.83. The second kappa shape index (κ2) is 8.67. The number of hydrogen-bond donors (Lipinski definition) is 2. The molecule has 2 unspecified atom stereocenters. The maximum atomic E-state index is 12.0. The van der Waals surface area contributed by atoms with Gasteiger partial charge in [0.05, 0.1) is 11.9 Å². The smallest absolute Gasteiger partial charge is 0.265 e. The molecule has 0 bridgehead atoms. The second-order valence-corrected chi connectivity index (χ2v) is 10.00. The molecule has 2 aromatic carbocycles. The van der Waals surface area contributed by atoms with Crippen LogP contribution in [0, 0.1) is 13.8 Å². The highest BCUT2D eigenvalue weighted by molar-refractivity contribution is 7.86. The molecule has 7 heteroatoms. The van der Waals surface area contributed by atoms with Crippen molar-refractivity contribution >= 4 is 10.1 Å². The molecule has 1 fully saturated rings. The molecule has 1 saturated heterocycles. The Hall–Kier alpha value is -1.93. The summed E-state index contributed by atoms with van der Waals surface area (Å²) >= 11 is 0. The van der Waals surface area contributed by atoms with E-state index < -0.39 is 21.8 Å². The normalized spacial score (nSPS) is 19.4. The first-order chi connectivity index (χ1) is 14.0. The summed E-state index contributed by atoms with van der Waals surface area (Å²) in [4.78, 5) is 2.16. The summed E-state index contributed by atoms with van der Waals surface area (Å²) in [5, 5.41) is 21.2. The van der Waals surface area contributed by atoms with Gasteiger partial charge in [-0.3, -0.25) is 9.08 Å². The molecule has 0 aromatic heterocycles. The van der Waals surface area contributed by atoms with E-state index in [9.17, 15) is 18.6 Å². The van der Waals surface area contributed by atoms with E-state index in [0.29, 0.717) is 42.6 Å². The van der Waals surface area contributed by atoms with Crippen molar-refractivity contribution in [2.75, 3.05) is 19.3 Å². The molecule has 1 heterocycles. The van der Waals surface area contributed by atoms with Crippen molar-refractivity contribution in [3.63, 3.8) is 0 Å². The highest BCUT2D eigenvalue weighted by atomic mass is 32.2. The van der Waals surface area contributed by atoms with Crippen LogP contribution in [-0.2, 0) is 19.9 Å². The van der Waals surface area contributed by atoms with Crippen LogP contribution in [0.5, 0.6) is 5.75 Å². The number of likely N-dealkylation sites (tertiary alicyclic amines) is 1. The number of aromatic hydroxyl groups is 1. The standard InChI is InChI=1S/C23H31NO5S/c1-16-14-19(15-17(2)21(16)25)22(29-30(4,27)28)18(3)24-12-10-23(26,11-13-24)20-8-6-5-7-9-20/h5-9,14-15,18,22,25-26H,10-13H2,1-4H3. The van der Waals surface area contributed by atoms with E-state index in [4.69, 9.17) is 4.18 Å². The maximum absolute atomic E-state index is 12.0. The van der Waals surface area contributed by atoms with Crippen LogP contribution in [0.25, 0.3) is 0 Å². The van der Waals surface area contributed by atoms with E-state index >= 15 is 0 Å². The number of benzene rings is 2. The fraction of sp³-hybridized carbons (Fsp3) is 0.478. The van der Waals surface area contributed by atoms with E-state index in [1.165, 1.54) is 0 Å². The molecule has 1 aliphatic rings. The Kier molecular flexibility index (Phi) is 6.57. The second-order valence-electron chi connectivity index (χ2n) is 8.40. The maximum Gasteiger partial charge on any atom is 0.265 e. The molecule has 2 N–H and O–H groups in total. The van der Waals surface area contributed by atoms with Gasteiger partial charge in [0, 0.05) is 19.1 Å². The number of aliphatic hydroxyl groups is 1. The molecule has 0 amide bonds. The zero-order chi connectivity index (χ0) is 22.1.